The number of esters is 1. The normalized spacial score (nSPS) is 19.5. The topological polar surface area (TPSA) is 50.1 Å². The molecule has 0 amide bonds. The van der Waals surface area contributed by atoms with Crippen molar-refractivity contribution in [3.63, 3.8) is 0 Å². The molecular weight excluding hydrogens is 198 g/mol. The first kappa shape index (κ1) is 11.4. The van der Waals surface area contributed by atoms with Gasteiger partial charge in [-0.05, 0) is 25.2 Å². The molecule has 78 valence electrons. The predicted molar refractivity (Wildman–Crippen MR) is 55.8 cm³/mol. The van der Waals surface area contributed by atoms with Crippen molar-refractivity contribution in [2.24, 2.45) is 5.41 Å². The van der Waals surface area contributed by atoms with E-state index in [1.54, 1.807) is 11.8 Å². The minimum Gasteiger partial charge on any atom is -0.469 e. The molecule has 1 rings (SSSR count). The number of carbonyl (C=O) groups is 1. The Bertz CT molecular complexity index is 255. The molecule has 4 heteroatoms. The first-order chi connectivity index (χ1) is 6.62. The molecule has 0 aliphatic heterocycles. The van der Waals surface area contributed by atoms with Crippen molar-refractivity contribution in [1.82, 2.24) is 0 Å². The smallest absolute Gasteiger partial charge is 0.306 e. The minimum absolute atomic E-state index is 0.0186. The quantitative estimate of drug-likeness (QED) is 0.655. The van der Waals surface area contributed by atoms with E-state index < -0.39 is 0 Å². The average molecular weight is 213 g/mol. The Morgan fingerprint density at radius 3 is 2.79 bits per heavy atom. The third-order valence-corrected chi connectivity index (χ3v) is 3.91. The van der Waals surface area contributed by atoms with Crippen molar-refractivity contribution < 1.29 is 9.53 Å². The zero-order valence-electron chi connectivity index (χ0n) is 8.58. The lowest BCUT2D eigenvalue weighted by Crippen LogP contribution is -2.14. The highest BCUT2D eigenvalue weighted by Gasteiger charge is 2.44. The van der Waals surface area contributed by atoms with Gasteiger partial charge in [0.05, 0.1) is 24.8 Å². The SMILES string of the molecule is COC(=O)CC1(CSC(C)C#N)CC1. The molecule has 1 aliphatic carbocycles. The highest BCUT2D eigenvalue weighted by atomic mass is 32.2. The van der Waals surface area contributed by atoms with Crippen LogP contribution in [0.2, 0.25) is 0 Å². The second-order valence-corrected chi connectivity index (χ2v) is 5.16. The van der Waals surface area contributed by atoms with Gasteiger partial charge in [0, 0.05) is 5.75 Å². The fraction of sp³-hybridized carbons (Fsp3) is 0.800. The zero-order chi connectivity index (χ0) is 10.6. The average Bonchev–Trinajstić information content (AvgIpc) is 2.94. The van der Waals surface area contributed by atoms with Gasteiger partial charge in [-0.25, -0.2) is 0 Å². The molecule has 0 spiro atoms. The van der Waals surface area contributed by atoms with Crippen LogP contribution in [0.3, 0.4) is 0 Å². The summed E-state index contributed by atoms with van der Waals surface area (Å²) in [5.41, 5.74) is 0.142. The molecule has 0 aromatic carbocycles. The molecule has 0 radical (unpaired) electrons. The van der Waals surface area contributed by atoms with Gasteiger partial charge in [-0.3, -0.25) is 4.79 Å². The number of hydrogen-bond donors (Lipinski definition) is 0. The van der Waals surface area contributed by atoms with Crippen molar-refractivity contribution >= 4 is 17.7 Å². The third kappa shape index (κ3) is 3.22. The van der Waals surface area contributed by atoms with E-state index in [0.29, 0.717) is 6.42 Å². The number of nitriles is 1. The molecular formula is C10H15NO2S. The summed E-state index contributed by atoms with van der Waals surface area (Å²) >= 11 is 1.63. The number of hydrogen-bond acceptors (Lipinski definition) is 4. The van der Waals surface area contributed by atoms with Gasteiger partial charge in [0.25, 0.3) is 0 Å². The van der Waals surface area contributed by atoms with Crippen molar-refractivity contribution in [3.05, 3.63) is 0 Å². The second-order valence-electron chi connectivity index (χ2n) is 3.84. The predicted octanol–water partition coefficient (Wildman–Crippen LogP) is 1.97. The Balaban J connectivity index is 2.29. The van der Waals surface area contributed by atoms with Crippen LogP contribution >= 0.6 is 11.8 Å². The van der Waals surface area contributed by atoms with E-state index in [1.165, 1.54) is 7.11 Å². The standard InChI is InChI=1S/C10H15NO2S/c1-8(6-11)14-7-10(3-4-10)5-9(12)13-2/h8H,3-5,7H2,1-2H3. The zero-order valence-corrected chi connectivity index (χ0v) is 9.39. The van der Waals surface area contributed by atoms with E-state index >= 15 is 0 Å². The van der Waals surface area contributed by atoms with Crippen LogP contribution in [0.25, 0.3) is 0 Å². The van der Waals surface area contributed by atoms with Gasteiger partial charge in [0.15, 0.2) is 0 Å². The molecule has 0 aromatic rings. The molecule has 1 unspecified atom stereocenters. The summed E-state index contributed by atoms with van der Waals surface area (Å²) in [6, 6.07) is 2.18. The lowest BCUT2D eigenvalue weighted by atomic mass is 10.1. The summed E-state index contributed by atoms with van der Waals surface area (Å²) in [4.78, 5) is 11.1. The Morgan fingerprint density at radius 2 is 2.36 bits per heavy atom. The molecule has 0 N–H and O–H groups in total. The van der Waals surface area contributed by atoms with Gasteiger partial charge in [-0.1, -0.05) is 0 Å². The van der Waals surface area contributed by atoms with Crippen molar-refractivity contribution in [3.8, 4) is 6.07 Å². The summed E-state index contributed by atoms with van der Waals surface area (Å²) in [6.45, 7) is 1.89. The van der Waals surface area contributed by atoms with Crippen LogP contribution in [0.4, 0.5) is 0 Å². The summed E-state index contributed by atoms with van der Waals surface area (Å²) in [5.74, 6) is 0.768. The lowest BCUT2D eigenvalue weighted by molar-refractivity contribution is -0.141. The Kier molecular flexibility index (Phi) is 3.82. The first-order valence-electron chi connectivity index (χ1n) is 4.70. The van der Waals surface area contributed by atoms with Crippen LogP contribution in [0.15, 0.2) is 0 Å². The maximum absolute atomic E-state index is 11.1. The van der Waals surface area contributed by atoms with Gasteiger partial charge in [-0.15, -0.1) is 11.8 Å². The highest BCUT2D eigenvalue weighted by Crippen LogP contribution is 2.51. The number of carbonyl (C=O) groups excluding carboxylic acids is 1. The molecule has 3 nitrogen and oxygen atoms in total. The number of thioether (sulfide) groups is 1. The Morgan fingerprint density at radius 1 is 1.71 bits per heavy atom. The fourth-order valence-electron chi connectivity index (χ4n) is 1.27. The van der Waals surface area contributed by atoms with Gasteiger partial charge in [0.1, 0.15) is 0 Å². The molecule has 14 heavy (non-hydrogen) atoms. The summed E-state index contributed by atoms with van der Waals surface area (Å²) in [6.07, 6.45) is 2.69. The van der Waals surface area contributed by atoms with Crippen molar-refractivity contribution in [1.29, 1.82) is 5.26 Å². The minimum atomic E-state index is -0.132. The number of ether oxygens (including phenoxy) is 1. The summed E-state index contributed by atoms with van der Waals surface area (Å²) < 4.78 is 4.65. The van der Waals surface area contributed by atoms with E-state index in [-0.39, 0.29) is 16.6 Å². The van der Waals surface area contributed by atoms with E-state index in [0.717, 1.165) is 18.6 Å². The Hall–Kier alpha value is -0.690. The molecule has 0 bridgehead atoms. The van der Waals surface area contributed by atoms with Crippen LogP contribution in [0.5, 0.6) is 0 Å². The van der Waals surface area contributed by atoms with Gasteiger partial charge < -0.3 is 4.74 Å². The van der Waals surface area contributed by atoms with E-state index in [4.69, 9.17) is 5.26 Å². The number of nitrogens with zero attached hydrogens (tertiary/aromatic N) is 1. The maximum atomic E-state index is 11.1. The Labute approximate surface area is 88.8 Å². The molecule has 1 atom stereocenters. The fourth-order valence-corrected chi connectivity index (χ4v) is 2.34. The third-order valence-electron chi connectivity index (χ3n) is 2.53. The molecule has 1 saturated carbocycles. The van der Waals surface area contributed by atoms with E-state index in [1.807, 2.05) is 6.92 Å². The molecule has 0 aromatic heterocycles. The van der Waals surface area contributed by atoms with E-state index in [9.17, 15) is 4.79 Å². The summed E-state index contributed by atoms with van der Waals surface area (Å²) in [5, 5.41) is 8.64. The van der Waals surface area contributed by atoms with Crippen LogP contribution in [-0.4, -0.2) is 24.1 Å². The maximum Gasteiger partial charge on any atom is 0.306 e. The van der Waals surface area contributed by atoms with Crippen molar-refractivity contribution in [2.45, 2.75) is 31.4 Å². The van der Waals surface area contributed by atoms with Crippen LogP contribution < -0.4 is 0 Å². The lowest BCUT2D eigenvalue weighted by Gasteiger charge is -2.13. The molecule has 0 saturated heterocycles. The molecule has 0 heterocycles. The molecule has 1 aliphatic rings. The van der Waals surface area contributed by atoms with Crippen LogP contribution in [0, 0.1) is 16.7 Å². The van der Waals surface area contributed by atoms with Gasteiger partial charge >= 0.3 is 5.97 Å². The van der Waals surface area contributed by atoms with Gasteiger partial charge in [-0.2, -0.15) is 5.26 Å². The van der Waals surface area contributed by atoms with Crippen LogP contribution in [-0.2, 0) is 9.53 Å². The molecule has 1 fully saturated rings. The van der Waals surface area contributed by atoms with Gasteiger partial charge in [0.2, 0.25) is 0 Å². The van der Waals surface area contributed by atoms with Crippen LogP contribution in [0.1, 0.15) is 26.2 Å². The largest absolute Gasteiger partial charge is 0.469 e. The number of rotatable bonds is 5. The first-order valence-corrected chi connectivity index (χ1v) is 5.75. The second kappa shape index (κ2) is 4.70. The monoisotopic (exact) mass is 213 g/mol. The summed E-state index contributed by atoms with van der Waals surface area (Å²) in [7, 11) is 1.42. The van der Waals surface area contributed by atoms with Crippen molar-refractivity contribution in [2.75, 3.05) is 12.9 Å². The number of methoxy groups -OCH3 is 1. The van der Waals surface area contributed by atoms with E-state index in [2.05, 4.69) is 10.8 Å². The highest BCUT2D eigenvalue weighted by molar-refractivity contribution is 8.00.